The van der Waals surface area contributed by atoms with Crippen molar-refractivity contribution in [2.24, 2.45) is 0 Å². The van der Waals surface area contributed by atoms with E-state index in [1.54, 1.807) is 12.4 Å². The summed E-state index contributed by atoms with van der Waals surface area (Å²) in [6.45, 7) is 2.71. The van der Waals surface area contributed by atoms with Crippen molar-refractivity contribution in [1.29, 1.82) is 0 Å². The Labute approximate surface area is 123 Å². The number of carbonyl (C=O) groups is 1. The first-order valence-corrected chi connectivity index (χ1v) is 7.34. The lowest BCUT2D eigenvalue weighted by Crippen LogP contribution is -2.25. The highest BCUT2D eigenvalue weighted by Gasteiger charge is 2.08. The fraction of sp³-hybridized carbons (Fsp3) is 0.571. The summed E-state index contributed by atoms with van der Waals surface area (Å²) in [5.41, 5.74) is 0. The molecule has 0 spiro atoms. The maximum Gasteiger partial charge on any atom is 0.227 e. The van der Waals surface area contributed by atoms with E-state index in [9.17, 15) is 4.79 Å². The predicted octanol–water partition coefficient (Wildman–Crippen LogP) is 1.43. The third kappa shape index (κ3) is 5.37. The lowest BCUT2D eigenvalue weighted by molar-refractivity contribution is -0.121. The topological polar surface area (TPSA) is 96.7 Å². The normalized spacial score (nSPS) is 10.7. The number of H-pyrrole nitrogens is 1. The summed E-state index contributed by atoms with van der Waals surface area (Å²) in [6.07, 6.45) is 7.86. The minimum Gasteiger partial charge on any atom is -0.356 e. The number of nitrogens with zero attached hydrogens (tertiary/aromatic N) is 3. The van der Waals surface area contributed by atoms with Gasteiger partial charge >= 0.3 is 0 Å². The smallest absolute Gasteiger partial charge is 0.227 e. The number of carbonyl (C=O) groups excluding carboxylic acids is 1. The second-order valence-corrected chi connectivity index (χ2v) is 4.84. The Morgan fingerprint density at radius 1 is 1.38 bits per heavy atom. The van der Waals surface area contributed by atoms with Gasteiger partial charge in [0, 0.05) is 44.6 Å². The maximum atomic E-state index is 11.7. The largest absolute Gasteiger partial charge is 0.356 e. The molecule has 0 fully saturated rings. The average molecular weight is 291 g/mol. The van der Waals surface area contributed by atoms with E-state index in [4.69, 9.17) is 4.52 Å². The Kier molecular flexibility index (Phi) is 5.93. The first kappa shape index (κ1) is 15.2. The van der Waals surface area contributed by atoms with E-state index in [1.807, 2.05) is 0 Å². The zero-order chi connectivity index (χ0) is 14.9. The van der Waals surface area contributed by atoms with Crippen molar-refractivity contribution in [3.63, 3.8) is 0 Å². The van der Waals surface area contributed by atoms with E-state index >= 15 is 0 Å². The molecule has 1 amide bonds. The van der Waals surface area contributed by atoms with Gasteiger partial charge < -0.3 is 14.8 Å². The van der Waals surface area contributed by atoms with Crippen LogP contribution in [0.2, 0.25) is 0 Å². The van der Waals surface area contributed by atoms with E-state index in [1.165, 1.54) is 0 Å². The molecule has 0 aliphatic carbocycles. The summed E-state index contributed by atoms with van der Waals surface area (Å²) in [4.78, 5) is 23.1. The highest BCUT2D eigenvalue weighted by atomic mass is 16.5. The highest BCUT2D eigenvalue weighted by Crippen LogP contribution is 2.03. The fourth-order valence-corrected chi connectivity index (χ4v) is 1.94. The number of aryl methyl sites for hydroxylation is 3. The number of aromatic nitrogens is 4. The van der Waals surface area contributed by atoms with Crippen molar-refractivity contribution < 1.29 is 9.32 Å². The molecule has 0 aromatic carbocycles. The maximum absolute atomic E-state index is 11.7. The molecule has 7 nitrogen and oxygen atoms in total. The zero-order valence-corrected chi connectivity index (χ0v) is 12.3. The summed E-state index contributed by atoms with van der Waals surface area (Å²) in [5, 5.41) is 6.74. The number of hydrogen-bond donors (Lipinski definition) is 2. The summed E-state index contributed by atoms with van der Waals surface area (Å²) in [7, 11) is 0. The Balaban J connectivity index is 1.58. The monoisotopic (exact) mass is 291 g/mol. The van der Waals surface area contributed by atoms with Gasteiger partial charge in [0.05, 0.1) is 0 Å². The minimum atomic E-state index is 0.00434. The van der Waals surface area contributed by atoms with Crippen LogP contribution >= 0.6 is 0 Å². The van der Waals surface area contributed by atoms with Gasteiger partial charge in [-0.25, -0.2) is 4.98 Å². The van der Waals surface area contributed by atoms with E-state index < -0.39 is 0 Å². The molecule has 0 atom stereocenters. The van der Waals surface area contributed by atoms with E-state index in [0.717, 1.165) is 31.5 Å². The molecule has 0 saturated carbocycles. The predicted molar refractivity (Wildman–Crippen MR) is 76.5 cm³/mol. The van der Waals surface area contributed by atoms with Gasteiger partial charge in [-0.15, -0.1) is 0 Å². The molecule has 2 aromatic rings. The molecule has 0 radical (unpaired) electrons. The Hall–Kier alpha value is -2.18. The molecular formula is C14H21N5O2. The molecule has 0 saturated heterocycles. The van der Waals surface area contributed by atoms with Crippen LogP contribution in [0.3, 0.4) is 0 Å². The molecule has 2 N–H and O–H groups in total. The number of rotatable bonds is 9. The molecule has 0 aliphatic heterocycles. The van der Waals surface area contributed by atoms with Crippen LogP contribution in [-0.4, -0.2) is 32.6 Å². The number of aromatic amines is 1. The molecule has 2 aromatic heterocycles. The number of amides is 1. The third-order valence-electron chi connectivity index (χ3n) is 3.02. The summed E-state index contributed by atoms with van der Waals surface area (Å²) in [6, 6.07) is 0. The van der Waals surface area contributed by atoms with Crippen molar-refractivity contribution in [2.45, 2.75) is 45.4 Å². The van der Waals surface area contributed by atoms with Gasteiger partial charge in [0.1, 0.15) is 5.82 Å². The lowest BCUT2D eigenvalue weighted by atomic mass is 10.2. The van der Waals surface area contributed by atoms with Gasteiger partial charge in [-0.2, -0.15) is 4.98 Å². The van der Waals surface area contributed by atoms with Crippen LogP contribution in [0.15, 0.2) is 16.9 Å². The average Bonchev–Trinajstić information content (AvgIpc) is 3.13. The Morgan fingerprint density at radius 3 is 3.05 bits per heavy atom. The van der Waals surface area contributed by atoms with Crippen LogP contribution in [0.1, 0.15) is 43.7 Å². The summed E-state index contributed by atoms with van der Waals surface area (Å²) >= 11 is 0. The first-order chi connectivity index (χ1) is 10.3. The zero-order valence-electron chi connectivity index (χ0n) is 12.3. The standard InChI is InChI=1S/C14H21N5O2/c1-2-4-12-18-14(21-19-12)7-6-13(20)17-8-3-5-11-15-9-10-16-11/h9-10H,2-8H2,1H3,(H,15,16)(H,17,20). The number of imidazole rings is 1. The summed E-state index contributed by atoms with van der Waals surface area (Å²) in [5.74, 6) is 2.19. The molecule has 0 aliphatic rings. The summed E-state index contributed by atoms with van der Waals surface area (Å²) < 4.78 is 5.09. The number of nitrogens with one attached hydrogen (secondary N) is 2. The Bertz CT molecular complexity index is 535. The molecular weight excluding hydrogens is 270 g/mol. The van der Waals surface area contributed by atoms with Gasteiger partial charge in [0.2, 0.25) is 11.8 Å². The van der Waals surface area contributed by atoms with E-state index in [-0.39, 0.29) is 5.91 Å². The van der Waals surface area contributed by atoms with Crippen LogP contribution in [-0.2, 0) is 24.1 Å². The molecule has 2 rings (SSSR count). The van der Waals surface area contributed by atoms with Crippen molar-refractivity contribution >= 4 is 5.91 Å². The van der Waals surface area contributed by atoms with Crippen LogP contribution < -0.4 is 5.32 Å². The van der Waals surface area contributed by atoms with Crippen LogP contribution in [0, 0.1) is 0 Å². The third-order valence-corrected chi connectivity index (χ3v) is 3.02. The van der Waals surface area contributed by atoms with Crippen LogP contribution in [0.25, 0.3) is 0 Å². The first-order valence-electron chi connectivity index (χ1n) is 7.34. The number of hydrogen-bond acceptors (Lipinski definition) is 5. The van der Waals surface area contributed by atoms with Gasteiger partial charge in [-0.3, -0.25) is 4.79 Å². The molecule has 0 bridgehead atoms. The van der Waals surface area contributed by atoms with Crippen molar-refractivity contribution in [2.75, 3.05) is 6.54 Å². The molecule has 0 unspecified atom stereocenters. The molecule has 7 heteroatoms. The van der Waals surface area contributed by atoms with Gasteiger partial charge in [0.15, 0.2) is 5.82 Å². The second kappa shape index (κ2) is 8.18. The van der Waals surface area contributed by atoms with Gasteiger partial charge in [0.25, 0.3) is 0 Å². The fourth-order valence-electron chi connectivity index (χ4n) is 1.94. The van der Waals surface area contributed by atoms with Gasteiger partial charge in [-0.05, 0) is 12.8 Å². The van der Waals surface area contributed by atoms with Crippen LogP contribution in [0.5, 0.6) is 0 Å². The quantitative estimate of drug-likeness (QED) is 0.681. The Morgan fingerprint density at radius 2 is 2.29 bits per heavy atom. The van der Waals surface area contributed by atoms with Gasteiger partial charge in [-0.1, -0.05) is 12.1 Å². The van der Waals surface area contributed by atoms with E-state index in [0.29, 0.717) is 31.1 Å². The van der Waals surface area contributed by atoms with Crippen molar-refractivity contribution in [3.05, 3.63) is 29.9 Å². The minimum absolute atomic E-state index is 0.00434. The van der Waals surface area contributed by atoms with Crippen molar-refractivity contribution in [3.8, 4) is 0 Å². The second-order valence-electron chi connectivity index (χ2n) is 4.84. The molecule has 21 heavy (non-hydrogen) atoms. The van der Waals surface area contributed by atoms with Crippen LogP contribution in [0.4, 0.5) is 0 Å². The van der Waals surface area contributed by atoms with E-state index in [2.05, 4.69) is 32.3 Å². The highest BCUT2D eigenvalue weighted by molar-refractivity contribution is 5.75. The SMILES string of the molecule is CCCc1noc(CCC(=O)NCCCc2ncc[nH]2)n1. The molecule has 2 heterocycles. The molecule has 114 valence electrons. The lowest BCUT2D eigenvalue weighted by Gasteiger charge is -2.03. The van der Waals surface area contributed by atoms with Crippen molar-refractivity contribution in [1.82, 2.24) is 25.4 Å².